The molecule has 0 saturated heterocycles. The molecule has 3 nitrogen and oxygen atoms in total. The van der Waals surface area contributed by atoms with Crippen molar-refractivity contribution in [2.75, 3.05) is 27.7 Å². The Kier molecular flexibility index (Phi) is 6.07. The van der Waals surface area contributed by atoms with E-state index in [-0.39, 0.29) is 0 Å². The van der Waals surface area contributed by atoms with Crippen LogP contribution in [0, 0.1) is 5.92 Å². The van der Waals surface area contributed by atoms with Crippen molar-refractivity contribution in [2.45, 2.75) is 44.7 Å². The monoisotopic (exact) mass is 290 g/mol. The molecule has 0 radical (unpaired) electrons. The Morgan fingerprint density at radius 1 is 1.29 bits per heavy atom. The van der Waals surface area contributed by atoms with Gasteiger partial charge < -0.3 is 15.0 Å². The van der Waals surface area contributed by atoms with Crippen LogP contribution in [0.25, 0.3) is 0 Å². The zero-order valence-electron chi connectivity index (χ0n) is 13.9. The van der Waals surface area contributed by atoms with Crippen LogP contribution in [-0.2, 0) is 0 Å². The van der Waals surface area contributed by atoms with Crippen LogP contribution in [0.4, 0.5) is 0 Å². The molecule has 1 aromatic carbocycles. The second-order valence-electron chi connectivity index (χ2n) is 6.47. The molecule has 1 unspecified atom stereocenters. The van der Waals surface area contributed by atoms with Gasteiger partial charge in [0.2, 0.25) is 0 Å². The topological polar surface area (TPSA) is 24.5 Å². The van der Waals surface area contributed by atoms with E-state index in [4.69, 9.17) is 4.74 Å². The molecule has 1 fully saturated rings. The summed E-state index contributed by atoms with van der Waals surface area (Å²) in [5.41, 5.74) is 1.30. The van der Waals surface area contributed by atoms with Crippen LogP contribution in [-0.4, -0.2) is 38.7 Å². The Morgan fingerprint density at radius 2 is 2.00 bits per heavy atom. The van der Waals surface area contributed by atoms with Crippen molar-refractivity contribution in [3.8, 4) is 5.75 Å². The van der Waals surface area contributed by atoms with Gasteiger partial charge in [0.25, 0.3) is 0 Å². The van der Waals surface area contributed by atoms with Gasteiger partial charge in [-0.1, -0.05) is 19.1 Å². The standard InChI is InChI=1S/C18H30N2O/c1-14-8-10-16(11-9-14)20(3)13-18(19-2)15-6-5-7-17(12-15)21-4/h5-7,12,14,16,18-19H,8-11,13H2,1-4H3. The maximum absolute atomic E-state index is 5.34. The summed E-state index contributed by atoms with van der Waals surface area (Å²) in [5.74, 6) is 1.84. The highest BCUT2D eigenvalue weighted by Crippen LogP contribution is 2.28. The van der Waals surface area contributed by atoms with Crippen LogP contribution < -0.4 is 10.1 Å². The summed E-state index contributed by atoms with van der Waals surface area (Å²) in [6.45, 7) is 3.42. The van der Waals surface area contributed by atoms with E-state index >= 15 is 0 Å². The summed E-state index contributed by atoms with van der Waals surface area (Å²) < 4.78 is 5.34. The smallest absolute Gasteiger partial charge is 0.119 e. The van der Waals surface area contributed by atoms with Crippen LogP contribution in [0.2, 0.25) is 0 Å². The van der Waals surface area contributed by atoms with Crippen molar-refractivity contribution >= 4 is 0 Å². The normalized spacial score (nSPS) is 24.0. The Bertz CT molecular complexity index is 427. The number of likely N-dealkylation sites (N-methyl/N-ethyl adjacent to an activating group) is 2. The van der Waals surface area contributed by atoms with E-state index in [1.807, 2.05) is 13.1 Å². The molecule has 118 valence electrons. The fourth-order valence-corrected chi connectivity index (χ4v) is 3.34. The van der Waals surface area contributed by atoms with Crippen molar-refractivity contribution in [3.63, 3.8) is 0 Å². The van der Waals surface area contributed by atoms with Gasteiger partial charge in [-0.15, -0.1) is 0 Å². The molecule has 21 heavy (non-hydrogen) atoms. The van der Waals surface area contributed by atoms with Crippen LogP contribution in [0.15, 0.2) is 24.3 Å². The molecule has 1 N–H and O–H groups in total. The van der Waals surface area contributed by atoms with Crippen LogP contribution >= 0.6 is 0 Å². The quantitative estimate of drug-likeness (QED) is 0.868. The van der Waals surface area contributed by atoms with Gasteiger partial charge in [0.1, 0.15) is 5.75 Å². The van der Waals surface area contributed by atoms with Crippen molar-refractivity contribution < 1.29 is 4.74 Å². The van der Waals surface area contributed by atoms with E-state index in [1.165, 1.54) is 31.2 Å². The lowest BCUT2D eigenvalue weighted by Crippen LogP contribution is -2.40. The average Bonchev–Trinajstić information content (AvgIpc) is 2.53. The van der Waals surface area contributed by atoms with Gasteiger partial charge in [0, 0.05) is 18.6 Å². The molecule has 1 aromatic rings. The van der Waals surface area contributed by atoms with E-state index in [1.54, 1.807) is 7.11 Å². The predicted molar refractivity (Wildman–Crippen MR) is 88.8 cm³/mol. The van der Waals surface area contributed by atoms with Gasteiger partial charge in [-0.05, 0) is 63.4 Å². The molecule has 1 atom stereocenters. The molecule has 1 aliphatic rings. The van der Waals surface area contributed by atoms with Crippen molar-refractivity contribution in [3.05, 3.63) is 29.8 Å². The molecule has 0 heterocycles. The third kappa shape index (κ3) is 4.45. The molecular formula is C18H30N2O. The lowest BCUT2D eigenvalue weighted by Gasteiger charge is -2.35. The number of hydrogen-bond acceptors (Lipinski definition) is 3. The molecule has 0 amide bonds. The lowest BCUT2D eigenvalue weighted by molar-refractivity contribution is 0.158. The van der Waals surface area contributed by atoms with Gasteiger partial charge in [-0.3, -0.25) is 0 Å². The molecule has 0 aliphatic heterocycles. The Balaban J connectivity index is 1.97. The third-order valence-electron chi connectivity index (χ3n) is 4.92. The number of hydrogen-bond donors (Lipinski definition) is 1. The summed E-state index contributed by atoms with van der Waals surface area (Å²) in [6.07, 6.45) is 5.43. The SMILES string of the molecule is CNC(CN(C)C1CCC(C)CC1)c1cccc(OC)c1. The first kappa shape index (κ1) is 16.3. The minimum Gasteiger partial charge on any atom is -0.497 e. The number of benzene rings is 1. The molecule has 1 saturated carbocycles. The van der Waals surface area contributed by atoms with Crippen LogP contribution in [0.3, 0.4) is 0 Å². The van der Waals surface area contributed by atoms with E-state index in [0.29, 0.717) is 6.04 Å². The Labute approximate surface area is 129 Å². The molecule has 2 rings (SSSR count). The fourth-order valence-electron chi connectivity index (χ4n) is 3.34. The minimum atomic E-state index is 0.351. The summed E-state index contributed by atoms with van der Waals surface area (Å²) in [7, 11) is 6.04. The minimum absolute atomic E-state index is 0.351. The molecular weight excluding hydrogens is 260 g/mol. The fraction of sp³-hybridized carbons (Fsp3) is 0.667. The zero-order valence-corrected chi connectivity index (χ0v) is 13.9. The second kappa shape index (κ2) is 7.81. The van der Waals surface area contributed by atoms with Crippen molar-refractivity contribution in [1.29, 1.82) is 0 Å². The molecule has 1 aliphatic carbocycles. The molecule has 0 spiro atoms. The summed E-state index contributed by atoms with van der Waals surface area (Å²) in [4.78, 5) is 2.53. The van der Waals surface area contributed by atoms with Gasteiger partial charge in [-0.2, -0.15) is 0 Å². The average molecular weight is 290 g/mol. The predicted octanol–water partition coefficient (Wildman–Crippen LogP) is 3.47. The highest BCUT2D eigenvalue weighted by Gasteiger charge is 2.23. The lowest BCUT2D eigenvalue weighted by atomic mass is 9.86. The first-order valence-corrected chi connectivity index (χ1v) is 8.15. The third-order valence-corrected chi connectivity index (χ3v) is 4.92. The number of rotatable bonds is 6. The largest absolute Gasteiger partial charge is 0.497 e. The van der Waals surface area contributed by atoms with Gasteiger partial charge in [0.15, 0.2) is 0 Å². The first-order chi connectivity index (χ1) is 10.1. The summed E-state index contributed by atoms with van der Waals surface area (Å²) in [5, 5.41) is 3.45. The van der Waals surface area contributed by atoms with Crippen LogP contribution in [0.1, 0.15) is 44.2 Å². The van der Waals surface area contributed by atoms with Crippen molar-refractivity contribution in [2.24, 2.45) is 5.92 Å². The molecule has 0 aromatic heterocycles. The van der Waals surface area contributed by atoms with E-state index in [0.717, 1.165) is 24.3 Å². The number of ether oxygens (including phenoxy) is 1. The number of methoxy groups -OCH3 is 1. The van der Waals surface area contributed by atoms with E-state index in [2.05, 4.69) is 42.4 Å². The van der Waals surface area contributed by atoms with Crippen molar-refractivity contribution in [1.82, 2.24) is 10.2 Å². The van der Waals surface area contributed by atoms with E-state index < -0.39 is 0 Å². The van der Waals surface area contributed by atoms with Gasteiger partial charge >= 0.3 is 0 Å². The highest BCUT2D eigenvalue weighted by atomic mass is 16.5. The number of nitrogens with one attached hydrogen (secondary N) is 1. The summed E-state index contributed by atoms with van der Waals surface area (Å²) >= 11 is 0. The maximum Gasteiger partial charge on any atom is 0.119 e. The second-order valence-corrected chi connectivity index (χ2v) is 6.47. The van der Waals surface area contributed by atoms with E-state index in [9.17, 15) is 0 Å². The highest BCUT2D eigenvalue weighted by molar-refractivity contribution is 5.30. The first-order valence-electron chi connectivity index (χ1n) is 8.15. The van der Waals surface area contributed by atoms with Gasteiger partial charge in [-0.25, -0.2) is 0 Å². The van der Waals surface area contributed by atoms with Crippen LogP contribution in [0.5, 0.6) is 5.75 Å². The maximum atomic E-state index is 5.34. The number of nitrogens with zero attached hydrogens (tertiary/aromatic N) is 1. The van der Waals surface area contributed by atoms with Gasteiger partial charge in [0.05, 0.1) is 7.11 Å². The Morgan fingerprint density at radius 3 is 2.62 bits per heavy atom. The zero-order chi connectivity index (χ0) is 15.2. The molecule has 0 bridgehead atoms. The summed E-state index contributed by atoms with van der Waals surface area (Å²) in [6, 6.07) is 9.48. The molecule has 3 heteroatoms. The Hall–Kier alpha value is -1.06.